The third-order valence-corrected chi connectivity index (χ3v) is 3.14. The molecular formula is C14H11BrN2O3. The number of hydrogen-bond donors (Lipinski definition) is 2. The Bertz CT molecular complexity index is 686. The predicted octanol–water partition coefficient (Wildman–Crippen LogP) is 3.10. The van der Waals surface area contributed by atoms with Crippen molar-refractivity contribution in [2.24, 2.45) is 0 Å². The predicted molar refractivity (Wildman–Crippen MR) is 78.0 cm³/mol. The van der Waals surface area contributed by atoms with Crippen LogP contribution in [0, 0.1) is 6.92 Å². The Labute approximate surface area is 123 Å². The van der Waals surface area contributed by atoms with E-state index in [4.69, 9.17) is 5.11 Å². The first kappa shape index (κ1) is 14.2. The van der Waals surface area contributed by atoms with Crippen LogP contribution in [0.25, 0.3) is 0 Å². The van der Waals surface area contributed by atoms with Crippen molar-refractivity contribution in [2.45, 2.75) is 6.92 Å². The number of hydrogen-bond acceptors (Lipinski definition) is 3. The lowest BCUT2D eigenvalue weighted by Gasteiger charge is -2.11. The lowest BCUT2D eigenvalue weighted by molar-refractivity contribution is 0.0698. The number of aromatic nitrogens is 1. The van der Waals surface area contributed by atoms with Gasteiger partial charge in [0.05, 0.1) is 16.8 Å². The maximum absolute atomic E-state index is 12.1. The van der Waals surface area contributed by atoms with E-state index in [1.165, 1.54) is 12.3 Å². The molecule has 0 fully saturated rings. The van der Waals surface area contributed by atoms with Crippen LogP contribution in [-0.2, 0) is 0 Å². The molecule has 1 heterocycles. The third kappa shape index (κ3) is 3.03. The lowest BCUT2D eigenvalue weighted by Crippen LogP contribution is -2.16. The highest BCUT2D eigenvalue weighted by atomic mass is 79.9. The quantitative estimate of drug-likeness (QED) is 0.903. The van der Waals surface area contributed by atoms with Gasteiger partial charge in [0.1, 0.15) is 0 Å². The number of halogens is 1. The maximum Gasteiger partial charge on any atom is 0.337 e. The molecule has 2 aromatic rings. The number of nitrogens with zero attached hydrogens (tertiary/aromatic N) is 1. The zero-order valence-corrected chi connectivity index (χ0v) is 12.1. The number of amides is 1. The highest BCUT2D eigenvalue weighted by Gasteiger charge is 2.15. The smallest absolute Gasteiger partial charge is 0.337 e. The first-order chi connectivity index (χ1) is 9.49. The number of anilines is 1. The summed E-state index contributed by atoms with van der Waals surface area (Å²) >= 11 is 3.23. The van der Waals surface area contributed by atoms with E-state index in [1.54, 1.807) is 31.3 Å². The minimum Gasteiger partial charge on any atom is -0.478 e. The molecule has 0 saturated carbocycles. The molecule has 102 valence electrons. The number of pyridine rings is 1. The number of para-hydroxylation sites is 1. The number of carboxylic acids is 1. The van der Waals surface area contributed by atoms with Gasteiger partial charge in [0, 0.05) is 16.9 Å². The molecule has 0 atom stereocenters. The van der Waals surface area contributed by atoms with Gasteiger partial charge in [0.25, 0.3) is 5.91 Å². The molecule has 0 aliphatic heterocycles. The minimum atomic E-state index is -1.09. The molecule has 0 bridgehead atoms. The number of carboxylic acid groups (broad SMARTS) is 1. The Morgan fingerprint density at radius 1 is 1.30 bits per heavy atom. The van der Waals surface area contributed by atoms with Crippen LogP contribution in [-0.4, -0.2) is 22.0 Å². The van der Waals surface area contributed by atoms with Crippen LogP contribution >= 0.6 is 15.9 Å². The van der Waals surface area contributed by atoms with Gasteiger partial charge in [0.2, 0.25) is 0 Å². The van der Waals surface area contributed by atoms with Crippen LogP contribution in [0.15, 0.2) is 41.1 Å². The topological polar surface area (TPSA) is 79.3 Å². The summed E-state index contributed by atoms with van der Waals surface area (Å²) in [6, 6.07) is 6.43. The largest absolute Gasteiger partial charge is 0.478 e. The summed E-state index contributed by atoms with van der Waals surface area (Å²) in [5, 5.41) is 11.8. The van der Waals surface area contributed by atoms with Crippen LogP contribution in [0.2, 0.25) is 0 Å². The van der Waals surface area contributed by atoms with Crippen molar-refractivity contribution in [1.29, 1.82) is 0 Å². The summed E-state index contributed by atoms with van der Waals surface area (Å²) in [5.74, 6) is -1.49. The van der Waals surface area contributed by atoms with Crippen molar-refractivity contribution >= 4 is 33.5 Å². The molecule has 1 aromatic carbocycles. The normalized spacial score (nSPS) is 10.1. The molecule has 2 N–H and O–H groups in total. The van der Waals surface area contributed by atoms with E-state index in [-0.39, 0.29) is 5.56 Å². The lowest BCUT2D eigenvalue weighted by atomic mass is 10.1. The molecule has 0 spiro atoms. The van der Waals surface area contributed by atoms with Gasteiger partial charge in [-0.15, -0.1) is 0 Å². The zero-order valence-electron chi connectivity index (χ0n) is 10.6. The molecule has 0 saturated heterocycles. The van der Waals surface area contributed by atoms with Gasteiger partial charge in [-0.1, -0.05) is 12.1 Å². The Balaban J connectivity index is 2.35. The van der Waals surface area contributed by atoms with E-state index in [9.17, 15) is 9.59 Å². The highest BCUT2D eigenvalue weighted by Crippen LogP contribution is 2.21. The van der Waals surface area contributed by atoms with E-state index >= 15 is 0 Å². The number of carbonyl (C=O) groups is 2. The first-order valence-electron chi connectivity index (χ1n) is 5.74. The Kier molecular flexibility index (Phi) is 4.14. The van der Waals surface area contributed by atoms with E-state index in [1.807, 2.05) is 0 Å². The Morgan fingerprint density at radius 2 is 2.05 bits per heavy atom. The molecule has 6 heteroatoms. The van der Waals surface area contributed by atoms with E-state index in [0.717, 1.165) is 0 Å². The van der Waals surface area contributed by atoms with Gasteiger partial charge in [-0.05, 0) is 40.5 Å². The summed E-state index contributed by atoms with van der Waals surface area (Å²) in [5.41, 5.74) is 1.38. The highest BCUT2D eigenvalue weighted by molar-refractivity contribution is 9.10. The van der Waals surface area contributed by atoms with Crippen LogP contribution in [0.5, 0.6) is 0 Å². The van der Waals surface area contributed by atoms with Crippen molar-refractivity contribution in [3.05, 3.63) is 57.8 Å². The zero-order chi connectivity index (χ0) is 14.7. The van der Waals surface area contributed by atoms with Crippen LogP contribution < -0.4 is 5.32 Å². The molecule has 0 aliphatic carbocycles. The van der Waals surface area contributed by atoms with Gasteiger partial charge in [0.15, 0.2) is 0 Å². The van der Waals surface area contributed by atoms with Gasteiger partial charge < -0.3 is 10.4 Å². The molecule has 1 amide bonds. The van der Waals surface area contributed by atoms with Crippen LogP contribution in [0.4, 0.5) is 5.69 Å². The third-order valence-electron chi connectivity index (χ3n) is 2.71. The second-order valence-electron chi connectivity index (χ2n) is 4.15. The molecule has 1 aromatic heterocycles. The molecule has 0 unspecified atom stereocenters. The number of nitrogens with one attached hydrogen (secondary N) is 1. The molecular weight excluding hydrogens is 324 g/mol. The average molecular weight is 335 g/mol. The van der Waals surface area contributed by atoms with Gasteiger partial charge in [-0.3, -0.25) is 9.78 Å². The van der Waals surface area contributed by atoms with E-state index in [0.29, 0.717) is 21.3 Å². The number of aromatic carboxylic acids is 1. The van der Waals surface area contributed by atoms with Gasteiger partial charge >= 0.3 is 5.97 Å². The fraction of sp³-hybridized carbons (Fsp3) is 0.0714. The fourth-order valence-corrected chi connectivity index (χ4v) is 2.10. The summed E-state index contributed by atoms with van der Waals surface area (Å²) < 4.78 is 0.674. The number of benzene rings is 1. The summed E-state index contributed by atoms with van der Waals surface area (Å²) in [6.07, 6.45) is 2.98. The van der Waals surface area contributed by atoms with Crippen molar-refractivity contribution < 1.29 is 14.7 Å². The van der Waals surface area contributed by atoms with Crippen molar-refractivity contribution in [2.75, 3.05) is 5.32 Å². The first-order valence-corrected chi connectivity index (χ1v) is 6.53. The monoisotopic (exact) mass is 334 g/mol. The summed E-state index contributed by atoms with van der Waals surface area (Å²) in [7, 11) is 0. The fourth-order valence-electron chi connectivity index (χ4n) is 1.73. The van der Waals surface area contributed by atoms with Crippen molar-refractivity contribution in [3.8, 4) is 0 Å². The Morgan fingerprint density at radius 3 is 2.70 bits per heavy atom. The SMILES string of the molecule is Cc1cccc(C(=O)O)c1NC(=O)c1cncc(Br)c1. The van der Waals surface area contributed by atoms with Crippen LogP contribution in [0.3, 0.4) is 0 Å². The molecule has 0 radical (unpaired) electrons. The van der Waals surface area contributed by atoms with E-state index < -0.39 is 11.9 Å². The van der Waals surface area contributed by atoms with Gasteiger partial charge in [-0.25, -0.2) is 4.79 Å². The van der Waals surface area contributed by atoms with Crippen LogP contribution in [0.1, 0.15) is 26.3 Å². The van der Waals surface area contributed by atoms with Crippen molar-refractivity contribution in [3.63, 3.8) is 0 Å². The molecule has 2 rings (SSSR count). The standard InChI is InChI=1S/C14H11BrN2O3/c1-8-3-2-4-11(14(19)20)12(8)17-13(18)9-5-10(15)7-16-6-9/h2-7H,1H3,(H,17,18)(H,19,20). The molecule has 20 heavy (non-hydrogen) atoms. The summed E-state index contributed by atoms with van der Waals surface area (Å²) in [6.45, 7) is 1.74. The Hall–Kier alpha value is -2.21. The number of aryl methyl sites for hydroxylation is 1. The molecule has 0 aliphatic rings. The minimum absolute atomic E-state index is 0.0568. The van der Waals surface area contributed by atoms with E-state index in [2.05, 4.69) is 26.2 Å². The van der Waals surface area contributed by atoms with Gasteiger partial charge in [-0.2, -0.15) is 0 Å². The van der Waals surface area contributed by atoms with Crippen molar-refractivity contribution in [1.82, 2.24) is 4.98 Å². The average Bonchev–Trinajstić information content (AvgIpc) is 2.40. The number of rotatable bonds is 3. The maximum atomic E-state index is 12.1. The second kappa shape index (κ2) is 5.83. The molecule has 5 nitrogen and oxygen atoms in total. The summed E-state index contributed by atoms with van der Waals surface area (Å²) in [4.78, 5) is 27.2. The number of carbonyl (C=O) groups excluding carboxylic acids is 1. The second-order valence-corrected chi connectivity index (χ2v) is 5.06.